The molecule has 2 aliphatic heterocycles. The summed E-state index contributed by atoms with van der Waals surface area (Å²) in [6.45, 7) is 4.99. The zero-order chi connectivity index (χ0) is 13.8. The second kappa shape index (κ2) is 6.45. The molecule has 110 valence electrons. The van der Waals surface area contributed by atoms with Gasteiger partial charge in [0.05, 0.1) is 20.3 Å². The maximum atomic E-state index is 5.37. The molecule has 2 saturated heterocycles. The molecule has 1 aromatic heterocycles. The Balaban J connectivity index is 1.85. The molecule has 0 spiro atoms. The highest BCUT2D eigenvalue weighted by atomic mass is 32.2. The number of aromatic nitrogens is 3. The third-order valence-corrected chi connectivity index (χ3v) is 4.30. The summed E-state index contributed by atoms with van der Waals surface area (Å²) < 4.78 is 10.6. The van der Waals surface area contributed by atoms with E-state index in [0.717, 1.165) is 43.6 Å². The Kier molecular flexibility index (Phi) is 4.41. The first kappa shape index (κ1) is 13.7. The molecule has 8 heteroatoms. The first-order valence-electron chi connectivity index (χ1n) is 6.82. The van der Waals surface area contributed by atoms with Crippen LogP contribution >= 0.6 is 11.8 Å². The third-order valence-electron chi connectivity index (χ3n) is 3.36. The van der Waals surface area contributed by atoms with Gasteiger partial charge in [0.25, 0.3) is 0 Å². The predicted octanol–water partition coefficient (Wildman–Crippen LogP) is 0.270. The van der Waals surface area contributed by atoms with E-state index in [-0.39, 0.29) is 0 Å². The molecule has 0 N–H and O–H groups in total. The second-order valence-corrected chi connectivity index (χ2v) is 5.85. The molecule has 2 aliphatic rings. The Morgan fingerprint density at radius 1 is 0.950 bits per heavy atom. The molecule has 0 saturated carbocycles. The summed E-state index contributed by atoms with van der Waals surface area (Å²) in [4.78, 5) is 17.7. The van der Waals surface area contributed by atoms with Crippen molar-refractivity contribution in [3.63, 3.8) is 0 Å². The van der Waals surface area contributed by atoms with Crippen LogP contribution in [0, 0.1) is 0 Å². The van der Waals surface area contributed by atoms with E-state index >= 15 is 0 Å². The van der Waals surface area contributed by atoms with Crippen LogP contribution in [0.4, 0.5) is 11.9 Å². The van der Waals surface area contributed by atoms with Gasteiger partial charge in [-0.25, -0.2) is 0 Å². The van der Waals surface area contributed by atoms with Crippen molar-refractivity contribution in [1.29, 1.82) is 0 Å². The normalized spacial score (nSPS) is 20.1. The van der Waals surface area contributed by atoms with Crippen molar-refractivity contribution < 1.29 is 9.47 Å². The van der Waals surface area contributed by atoms with Gasteiger partial charge in [0.15, 0.2) is 0 Å². The molecular formula is C12H19N5O2S. The van der Waals surface area contributed by atoms with Crippen molar-refractivity contribution in [2.24, 2.45) is 0 Å². The van der Waals surface area contributed by atoms with Crippen molar-refractivity contribution in [3.05, 3.63) is 0 Å². The van der Waals surface area contributed by atoms with Crippen molar-refractivity contribution in [2.45, 2.75) is 0 Å². The lowest BCUT2D eigenvalue weighted by Gasteiger charge is -2.29. The molecular weight excluding hydrogens is 278 g/mol. The minimum absolute atomic E-state index is 0.384. The summed E-state index contributed by atoms with van der Waals surface area (Å²) in [5, 5.41) is 0. The van der Waals surface area contributed by atoms with Crippen molar-refractivity contribution >= 4 is 23.7 Å². The SMILES string of the molecule is COc1nc(N2CCOCC2)nc(N2CCSCC2)n1. The van der Waals surface area contributed by atoms with Gasteiger partial charge in [0.2, 0.25) is 11.9 Å². The standard InChI is InChI=1S/C12H19N5O2S/c1-18-12-14-10(16-2-6-19-7-3-16)13-11(15-12)17-4-8-20-9-5-17/h2-9H2,1H3. The zero-order valence-electron chi connectivity index (χ0n) is 11.6. The molecule has 3 heterocycles. The summed E-state index contributed by atoms with van der Waals surface area (Å²) in [5.74, 6) is 3.63. The molecule has 0 atom stereocenters. The molecule has 0 aliphatic carbocycles. The van der Waals surface area contributed by atoms with Crippen LogP contribution in [-0.2, 0) is 4.74 Å². The largest absolute Gasteiger partial charge is 0.467 e. The Bertz CT molecular complexity index is 413. The van der Waals surface area contributed by atoms with E-state index in [1.165, 1.54) is 0 Å². The molecule has 7 nitrogen and oxygen atoms in total. The number of anilines is 2. The Morgan fingerprint density at radius 3 is 2.15 bits per heavy atom. The summed E-state index contributed by atoms with van der Waals surface area (Å²) >= 11 is 1.96. The smallest absolute Gasteiger partial charge is 0.322 e. The lowest BCUT2D eigenvalue weighted by molar-refractivity contribution is 0.122. The van der Waals surface area contributed by atoms with Crippen LogP contribution in [0.3, 0.4) is 0 Å². The molecule has 0 radical (unpaired) electrons. The molecule has 1 aromatic rings. The lowest BCUT2D eigenvalue weighted by Crippen LogP contribution is -2.38. The number of morpholine rings is 1. The number of hydrogen-bond donors (Lipinski definition) is 0. The minimum Gasteiger partial charge on any atom is -0.467 e. The van der Waals surface area contributed by atoms with Crippen LogP contribution in [0.1, 0.15) is 0 Å². The van der Waals surface area contributed by atoms with E-state index in [1.54, 1.807) is 7.11 Å². The molecule has 0 aromatic carbocycles. The van der Waals surface area contributed by atoms with E-state index in [9.17, 15) is 0 Å². The van der Waals surface area contributed by atoms with E-state index < -0.39 is 0 Å². The molecule has 0 bridgehead atoms. The average Bonchev–Trinajstić information content (AvgIpc) is 2.56. The van der Waals surface area contributed by atoms with E-state index in [4.69, 9.17) is 9.47 Å². The van der Waals surface area contributed by atoms with E-state index in [1.807, 2.05) is 11.8 Å². The highest BCUT2D eigenvalue weighted by Gasteiger charge is 2.20. The van der Waals surface area contributed by atoms with Crippen LogP contribution in [0.2, 0.25) is 0 Å². The summed E-state index contributed by atoms with van der Waals surface area (Å²) in [7, 11) is 1.59. The van der Waals surface area contributed by atoms with E-state index in [0.29, 0.717) is 25.2 Å². The number of rotatable bonds is 3. The molecule has 2 fully saturated rings. The summed E-state index contributed by atoms with van der Waals surface area (Å²) in [6, 6.07) is 0.384. The maximum absolute atomic E-state index is 5.37. The van der Waals surface area contributed by atoms with Crippen LogP contribution < -0.4 is 14.5 Å². The summed E-state index contributed by atoms with van der Waals surface area (Å²) in [5.41, 5.74) is 0. The predicted molar refractivity (Wildman–Crippen MR) is 78.9 cm³/mol. The molecule has 20 heavy (non-hydrogen) atoms. The zero-order valence-corrected chi connectivity index (χ0v) is 12.4. The van der Waals surface area contributed by atoms with Crippen LogP contribution in [-0.4, -0.2) is 73.0 Å². The first-order valence-corrected chi connectivity index (χ1v) is 7.98. The van der Waals surface area contributed by atoms with Gasteiger partial charge in [-0.05, 0) is 0 Å². The van der Waals surface area contributed by atoms with Crippen LogP contribution in [0.25, 0.3) is 0 Å². The van der Waals surface area contributed by atoms with E-state index in [2.05, 4.69) is 24.8 Å². The Morgan fingerprint density at radius 2 is 1.55 bits per heavy atom. The van der Waals surface area contributed by atoms with Crippen molar-refractivity contribution in [2.75, 3.05) is 67.8 Å². The fourth-order valence-electron chi connectivity index (χ4n) is 2.24. The number of hydrogen-bond acceptors (Lipinski definition) is 8. The van der Waals surface area contributed by atoms with Gasteiger partial charge in [-0.1, -0.05) is 0 Å². The number of methoxy groups -OCH3 is 1. The second-order valence-electron chi connectivity index (χ2n) is 4.62. The topological polar surface area (TPSA) is 63.6 Å². The monoisotopic (exact) mass is 297 g/mol. The third kappa shape index (κ3) is 3.06. The van der Waals surface area contributed by atoms with Gasteiger partial charge in [-0.2, -0.15) is 26.7 Å². The highest BCUT2D eigenvalue weighted by Crippen LogP contribution is 2.21. The minimum atomic E-state index is 0.384. The number of nitrogens with zero attached hydrogens (tertiary/aromatic N) is 5. The quantitative estimate of drug-likeness (QED) is 0.788. The van der Waals surface area contributed by atoms with Crippen LogP contribution in [0.5, 0.6) is 6.01 Å². The van der Waals surface area contributed by atoms with Crippen molar-refractivity contribution in [1.82, 2.24) is 15.0 Å². The maximum Gasteiger partial charge on any atom is 0.322 e. The van der Waals surface area contributed by atoms with Crippen LogP contribution in [0.15, 0.2) is 0 Å². The first-order chi connectivity index (χ1) is 9.86. The molecule has 3 rings (SSSR count). The Labute approximate surface area is 122 Å². The Hall–Kier alpha value is -1.28. The lowest BCUT2D eigenvalue weighted by atomic mass is 10.4. The molecule has 0 unspecified atom stereocenters. The van der Waals surface area contributed by atoms with Crippen molar-refractivity contribution in [3.8, 4) is 6.01 Å². The average molecular weight is 297 g/mol. The van der Waals surface area contributed by atoms with Gasteiger partial charge in [-0.3, -0.25) is 0 Å². The van der Waals surface area contributed by atoms with Gasteiger partial charge in [0, 0.05) is 37.7 Å². The fourth-order valence-corrected chi connectivity index (χ4v) is 3.14. The van der Waals surface area contributed by atoms with Gasteiger partial charge in [-0.15, -0.1) is 0 Å². The number of ether oxygens (including phenoxy) is 2. The molecule has 0 amide bonds. The summed E-state index contributed by atoms with van der Waals surface area (Å²) in [6.07, 6.45) is 0. The van der Waals surface area contributed by atoms with Gasteiger partial charge in [0.1, 0.15) is 0 Å². The van der Waals surface area contributed by atoms with Gasteiger partial charge >= 0.3 is 6.01 Å². The fraction of sp³-hybridized carbons (Fsp3) is 0.750. The van der Waals surface area contributed by atoms with Gasteiger partial charge < -0.3 is 19.3 Å². The number of thioether (sulfide) groups is 1. The highest BCUT2D eigenvalue weighted by molar-refractivity contribution is 7.99.